The van der Waals surface area contributed by atoms with Crippen LogP contribution in [0.15, 0.2) is 72.2 Å². The first-order valence-electron chi connectivity index (χ1n) is 11.4. The Morgan fingerprint density at radius 1 is 1.00 bits per heavy atom. The summed E-state index contributed by atoms with van der Waals surface area (Å²) in [5.41, 5.74) is 8.76. The summed E-state index contributed by atoms with van der Waals surface area (Å²) in [6.45, 7) is 3.26. The van der Waals surface area contributed by atoms with Crippen molar-refractivity contribution in [3.63, 3.8) is 0 Å². The van der Waals surface area contributed by atoms with Crippen LogP contribution >= 0.6 is 23.4 Å². The van der Waals surface area contributed by atoms with E-state index in [0.29, 0.717) is 10.7 Å². The molecule has 0 unspecified atom stereocenters. The van der Waals surface area contributed by atoms with Crippen molar-refractivity contribution in [1.29, 1.82) is 0 Å². The summed E-state index contributed by atoms with van der Waals surface area (Å²) in [6, 6.07) is 17.7. The fourth-order valence-corrected chi connectivity index (χ4v) is 4.86. The van der Waals surface area contributed by atoms with Crippen LogP contribution in [0.5, 0.6) is 5.75 Å². The first-order chi connectivity index (χ1) is 17.1. The van der Waals surface area contributed by atoms with Gasteiger partial charge in [-0.2, -0.15) is 9.97 Å². The number of aromatic amines is 1. The molecule has 2 aromatic carbocycles. The number of piperazine rings is 1. The lowest BCUT2D eigenvalue weighted by molar-refractivity contribution is 0.336. The SMILES string of the molecule is Nc1nc(N2CCN(/C=C/Oc3ccc(Cl)cc3)CC2)c2[nH]c(SCCc3ccccc3)nc2n1. The van der Waals surface area contributed by atoms with Crippen LogP contribution in [0.3, 0.4) is 0 Å². The third-order valence-electron chi connectivity index (χ3n) is 5.70. The van der Waals surface area contributed by atoms with Crippen molar-refractivity contribution < 1.29 is 4.74 Å². The number of rotatable bonds is 8. The van der Waals surface area contributed by atoms with Gasteiger partial charge in [-0.3, -0.25) is 0 Å². The van der Waals surface area contributed by atoms with Crippen LogP contribution in [0.1, 0.15) is 5.56 Å². The maximum atomic E-state index is 6.02. The summed E-state index contributed by atoms with van der Waals surface area (Å²) in [5.74, 6) is 2.71. The number of anilines is 2. The summed E-state index contributed by atoms with van der Waals surface area (Å²) in [7, 11) is 0. The Labute approximate surface area is 213 Å². The van der Waals surface area contributed by atoms with Crippen LogP contribution in [0.25, 0.3) is 11.2 Å². The van der Waals surface area contributed by atoms with Crippen molar-refractivity contribution in [3.8, 4) is 5.75 Å². The molecule has 0 saturated carbocycles. The van der Waals surface area contributed by atoms with Gasteiger partial charge in [0.2, 0.25) is 5.95 Å². The highest BCUT2D eigenvalue weighted by molar-refractivity contribution is 7.99. The molecule has 4 aromatic rings. The second kappa shape index (κ2) is 10.9. The number of aromatic nitrogens is 4. The molecule has 0 radical (unpaired) electrons. The Morgan fingerprint density at radius 3 is 2.54 bits per heavy atom. The van der Waals surface area contributed by atoms with E-state index in [9.17, 15) is 0 Å². The number of nitrogen functional groups attached to an aromatic ring is 1. The van der Waals surface area contributed by atoms with Crippen LogP contribution in [0.2, 0.25) is 5.02 Å². The van der Waals surface area contributed by atoms with Crippen LogP contribution in [-0.2, 0) is 6.42 Å². The van der Waals surface area contributed by atoms with E-state index in [1.165, 1.54) is 5.56 Å². The smallest absolute Gasteiger partial charge is 0.224 e. The number of fused-ring (bicyclic) bond motifs is 1. The first kappa shape index (κ1) is 23.3. The molecule has 1 aliphatic rings. The Kier molecular flexibility index (Phi) is 7.25. The molecule has 10 heteroatoms. The van der Waals surface area contributed by atoms with Gasteiger partial charge in [-0.25, -0.2) is 4.98 Å². The van der Waals surface area contributed by atoms with Gasteiger partial charge in [-0.15, -0.1) is 0 Å². The molecule has 35 heavy (non-hydrogen) atoms. The van der Waals surface area contributed by atoms with Gasteiger partial charge in [0, 0.05) is 43.2 Å². The molecular formula is C25H26ClN7OS. The molecule has 1 saturated heterocycles. The van der Waals surface area contributed by atoms with E-state index in [-0.39, 0.29) is 5.95 Å². The van der Waals surface area contributed by atoms with E-state index in [0.717, 1.165) is 60.6 Å². The number of imidazole rings is 1. The fourth-order valence-electron chi connectivity index (χ4n) is 3.88. The molecule has 3 heterocycles. The summed E-state index contributed by atoms with van der Waals surface area (Å²) in [5, 5.41) is 1.52. The number of ether oxygens (including phenoxy) is 1. The van der Waals surface area contributed by atoms with E-state index >= 15 is 0 Å². The molecule has 0 amide bonds. The molecule has 1 fully saturated rings. The molecule has 5 rings (SSSR count). The average molecular weight is 508 g/mol. The van der Waals surface area contributed by atoms with Gasteiger partial charge in [0.15, 0.2) is 16.6 Å². The summed E-state index contributed by atoms with van der Waals surface area (Å²) >= 11 is 7.59. The fraction of sp³-hybridized carbons (Fsp3) is 0.240. The first-order valence-corrected chi connectivity index (χ1v) is 12.8. The standard InChI is InChI=1S/C25H26ClN7OS/c26-19-6-8-20(9-7-19)34-16-15-32-11-13-33(14-12-32)23-21-22(29-24(27)31-23)30-25(28-21)35-17-10-18-4-2-1-3-5-18/h1-9,15-16H,10-14,17H2,(H3,27,28,29,30,31)/b16-15+. The predicted octanol–water partition coefficient (Wildman–Crippen LogP) is 4.60. The van der Waals surface area contributed by atoms with Gasteiger partial charge in [0.05, 0.1) is 0 Å². The van der Waals surface area contributed by atoms with E-state index < -0.39 is 0 Å². The highest BCUT2D eigenvalue weighted by atomic mass is 35.5. The summed E-state index contributed by atoms with van der Waals surface area (Å²) < 4.78 is 5.66. The number of hydrogen-bond donors (Lipinski definition) is 2. The topological polar surface area (TPSA) is 96.2 Å². The number of H-pyrrole nitrogens is 1. The minimum absolute atomic E-state index is 0.235. The van der Waals surface area contributed by atoms with Crippen molar-refractivity contribution in [3.05, 3.63) is 77.6 Å². The molecule has 0 atom stereocenters. The van der Waals surface area contributed by atoms with Crippen LogP contribution in [0.4, 0.5) is 11.8 Å². The van der Waals surface area contributed by atoms with Gasteiger partial charge < -0.3 is 25.3 Å². The number of benzene rings is 2. The van der Waals surface area contributed by atoms with E-state index in [2.05, 4.69) is 54.0 Å². The average Bonchev–Trinajstić information content (AvgIpc) is 3.28. The maximum absolute atomic E-state index is 6.02. The summed E-state index contributed by atoms with van der Waals surface area (Å²) in [6.07, 6.45) is 4.64. The van der Waals surface area contributed by atoms with E-state index in [1.807, 2.05) is 24.4 Å². The zero-order valence-electron chi connectivity index (χ0n) is 19.1. The zero-order valence-corrected chi connectivity index (χ0v) is 20.7. The molecule has 0 spiro atoms. The number of nitrogens with one attached hydrogen (secondary N) is 1. The highest BCUT2D eigenvalue weighted by Gasteiger charge is 2.21. The monoisotopic (exact) mass is 507 g/mol. The summed E-state index contributed by atoms with van der Waals surface area (Å²) in [4.78, 5) is 21.4. The van der Waals surface area contributed by atoms with Crippen molar-refractivity contribution in [2.24, 2.45) is 0 Å². The quantitative estimate of drug-likeness (QED) is 0.264. The lowest BCUT2D eigenvalue weighted by atomic mass is 10.2. The molecular weight excluding hydrogens is 482 g/mol. The minimum atomic E-state index is 0.235. The third-order valence-corrected chi connectivity index (χ3v) is 6.83. The molecule has 180 valence electrons. The Bertz CT molecular complexity index is 1290. The second-order valence-corrected chi connectivity index (χ2v) is 9.63. The Balaban J connectivity index is 1.20. The highest BCUT2D eigenvalue weighted by Crippen LogP contribution is 2.27. The Morgan fingerprint density at radius 2 is 1.77 bits per heavy atom. The van der Waals surface area contributed by atoms with Crippen LogP contribution in [-0.4, -0.2) is 56.8 Å². The molecule has 3 N–H and O–H groups in total. The number of nitrogens with zero attached hydrogens (tertiary/aromatic N) is 5. The number of aryl methyl sites for hydroxylation is 1. The second-order valence-electron chi connectivity index (χ2n) is 8.11. The molecule has 1 aliphatic heterocycles. The normalized spacial score (nSPS) is 14.2. The van der Waals surface area contributed by atoms with Gasteiger partial charge in [-0.1, -0.05) is 53.7 Å². The van der Waals surface area contributed by atoms with Crippen molar-refractivity contribution in [2.45, 2.75) is 11.6 Å². The zero-order chi connectivity index (χ0) is 24.0. The van der Waals surface area contributed by atoms with Gasteiger partial charge >= 0.3 is 0 Å². The molecule has 0 bridgehead atoms. The van der Waals surface area contributed by atoms with Crippen molar-refractivity contribution >= 4 is 46.3 Å². The molecule has 2 aromatic heterocycles. The van der Waals surface area contributed by atoms with Crippen LogP contribution < -0.4 is 15.4 Å². The third kappa shape index (κ3) is 5.98. The predicted molar refractivity (Wildman–Crippen MR) is 142 cm³/mol. The van der Waals surface area contributed by atoms with Gasteiger partial charge in [0.1, 0.15) is 17.5 Å². The van der Waals surface area contributed by atoms with Gasteiger partial charge in [-0.05, 0) is 36.2 Å². The van der Waals surface area contributed by atoms with E-state index in [1.54, 1.807) is 30.2 Å². The number of halogens is 1. The lowest BCUT2D eigenvalue weighted by Gasteiger charge is -2.34. The minimum Gasteiger partial charge on any atom is -0.463 e. The van der Waals surface area contributed by atoms with Crippen LogP contribution in [0, 0.1) is 0 Å². The number of nitrogens with two attached hydrogens (primary N) is 1. The van der Waals surface area contributed by atoms with Crippen molar-refractivity contribution in [1.82, 2.24) is 24.8 Å². The van der Waals surface area contributed by atoms with Crippen molar-refractivity contribution in [2.75, 3.05) is 42.6 Å². The van der Waals surface area contributed by atoms with E-state index in [4.69, 9.17) is 22.1 Å². The molecule has 8 nitrogen and oxygen atoms in total. The molecule has 0 aliphatic carbocycles. The Hall–Kier alpha value is -3.43. The largest absolute Gasteiger partial charge is 0.463 e. The lowest BCUT2D eigenvalue weighted by Crippen LogP contribution is -2.44. The van der Waals surface area contributed by atoms with Gasteiger partial charge in [0.25, 0.3) is 0 Å². The number of hydrogen-bond acceptors (Lipinski definition) is 8. The maximum Gasteiger partial charge on any atom is 0.224 e. The number of thioether (sulfide) groups is 1.